The predicted octanol–water partition coefficient (Wildman–Crippen LogP) is 1.88. The predicted molar refractivity (Wildman–Crippen MR) is 49.4 cm³/mol. The van der Waals surface area contributed by atoms with Gasteiger partial charge in [0.15, 0.2) is 0 Å². The van der Waals surface area contributed by atoms with Crippen LogP contribution < -0.4 is 0 Å². The number of nitrogens with zero attached hydrogens (tertiary/aromatic N) is 3. The largest absolute Gasteiger partial charge is 0.321 e. The van der Waals surface area contributed by atoms with E-state index in [1.54, 1.807) is 7.05 Å². The molecule has 1 rings (SSSR count). The number of nitriles is 1. The van der Waals surface area contributed by atoms with Crippen LogP contribution in [-0.2, 0) is 0 Å². The highest BCUT2D eigenvalue weighted by Crippen LogP contribution is 2.13. The number of halogens is 1. The van der Waals surface area contributed by atoms with Crippen LogP contribution in [-0.4, -0.2) is 23.1 Å². The summed E-state index contributed by atoms with van der Waals surface area (Å²) in [6, 6.07) is 2.01. The summed E-state index contributed by atoms with van der Waals surface area (Å²) in [4.78, 5) is 15.9. The zero-order valence-electron chi connectivity index (χ0n) is 7.12. The molecule has 0 aromatic heterocycles. The molecule has 1 heterocycles. The van der Waals surface area contributed by atoms with Crippen LogP contribution in [0.4, 0.5) is 4.79 Å². The number of hydrogen-bond acceptors (Lipinski definition) is 3. The summed E-state index contributed by atoms with van der Waals surface area (Å²) in [7, 11) is 1.55. The molecule has 5 heteroatoms. The first kappa shape index (κ1) is 9.75. The number of carbonyl (C=O) groups is 1. The van der Waals surface area contributed by atoms with E-state index >= 15 is 0 Å². The third kappa shape index (κ3) is 2.30. The van der Waals surface area contributed by atoms with E-state index in [0.717, 1.165) is 0 Å². The van der Waals surface area contributed by atoms with E-state index in [9.17, 15) is 4.79 Å². The molecule has 0 aliphatic carbocycles. The minimum atomic E-state index is -0.562. The summed E-state index contributed by atoms with van der Waals surface area (Å²) < 4.78 is 0. The summed E-state index contributed by atoms with van der Waals surface area (Å²) in [5.41, 5.74) is 0.624. The SMILES string of the molecule is CN(C(=O)Cl)C1=NC=C(C#N)CC1. The lowest BCUT2D eigenvalue weighted by Gasteiger charge is -2.17. The highest BCUT2D eigenvalue weighted by atomic mass is 35.5. The summed E-state index contributed by atoms with van der Waals surface area (Å²) in [6.45, 7) is 0. The zero-order valence-corrected chi connectivity index (χ0v) is 7.88. The minimum absolute atomic E-state index is 0.562. The maximum absolute atomic E-state index is 10.7. The van der Waals surface area contributed by atoms with Crippen LogP contribution in [0.3, 0.4) is 0 Å². The number of aliphatic imine (C=N–C) groups is 1. The van der Waals surface area contributed by atoms with Crippen molar-refractivity contribution in [3.05, 3.63) is 11.8 Å². The third-order valence-corrected chi connectivity index (χ3v) is 2.04. The van der Waals surface area contributed by atoms with Gasteiger partial charge in [-0.1, -0.05) is 0 Å². The zero-order chi connectivity index (χ0) is 9.84. The van der Waals surface area contributed by atoms with Crippen molar-refractivity contribution in [3.63, 3.8) is 0 Å². The molecule has 0 saturated carbocycles. The maximum Gasteiger partial charge on any atom is 0.321 e. The number of hydrogen-bond donors (Lipinski definition) is 0. The third-order valence-electron chi connectivity index (χ3n) is 1.78. The molecule has 0 atom stereocenters. The van der Waals surface area contributed by atoms with E-state index in [-0.39, 0.29) is 0 Å². The van der Waals surface area contributed by atoms with Gasteiger partial charge in [-0.15, -0.1) is 0 Å². The van der Waals surface area contributed by atoms with Gasteiger partial charge in [-0.05, 0) is 18.0 Å². The number of amidine groups is 1. The molecule has 0 fully saturated rings. The Morgan fingerprint density at radius 1 is 1.77 bits per heavy atom. The van der Waals surface area contributed by atoms with E-state index in [1.807, 2.05) is 6.07 Å². The van der Waals surface area contributed by atoms with Crippen LogP contribution in [0.2, 0.25) is 0 Å². The van der Waals surface area contributed by atoms with E-state index in [0.29, 0.717) is 24.3 Å². The quantitative estimate of drug-likeness (QED) is 0.440. The second-order valence-corrected chi connectivity index (χ2v) is 2.95. The van der Waals surface area contributed by atoms with E-state index in [1.165, 1.54) is 11.1 Å². The first-order chi connectivity index (χ1) is 6.15. The Labute approximate surface area is 81.1 Å². The van der Waals surface area contributed by atoms with Crippen molar-refractivity contribution in [2.24, 2.45) is 4.99 Å². The molecule has 0 bridgehead atoms. The second kappa shape index (κ2) is 4.06. The lowest BCUT2D eigenvalue weighted by Crippen LogP contribution is -2.29. The van der Waals surface area contributed by atoms with Crippen LogP contribution in [0.5, 0.6) is 0 Å². The maximum atomic E-state index is 10.7. The number of carbonyl (C=O) groups excluding carboxylic acids is 1. The molecule has 0 aromatic carbocycles. The molecule has 4 nitrogen and oxygen atoms in total. The van der Waals surface area contributed by atoms with E-state index in [2.05, 4.69) is 4.99 Å². The minimum Gasteiger partial charge on any atom is -0.290 e. The summed E-state index contributed by atoms with van der Waals surface area (Å²) in [5, 5.41) is 7.97. The summed E-state index contributed by atoms with van der Waals surface area (Å²) in [6.07, 6.45) is 2.66. The Bertz CT molecular complexity index is 327. The molecule has 0 unspecified atom stereocenters. The van der Waals surface area contributed by atoms with Gasteiger partial charge in [-0.3, -0.25) is 9.69 Å². The fraction of sp³-hybridized carbons (Fsp3) is 0.375. The number of amides is 1. The van der Waals surface area contributed by atoms with E-state index < -0.39 is 5.37 Å². The molecular weight excluding hydrogens is 190 g/mol. The first-order valence-corrected chi connectivity index (χ1v) is 4.12. The van der Waals surface area contributed by atoms with Crippen LogP contribution in [0, 0.1) is 11.3 Å². The van der Waals surface area contributed by atoms with Gasteiger partial charge in [0.05, 0.1) is 6.07 Å². The molecule has 13 heavy (non-hydrogen) atoms. The van der Waals surface area contributed by atoms with Gasteiger partial charge < -0.3 is 0 Å². The Hall–Kier alpha value is -1.34. The van der Waals surface area contributed by atoms with Crippen molar-refractivity contribution >= 4 is 22.8 Å². The monoisotopic (exact) mass is 197 g/mol. The van der Waals surface area contributed by atoms with Crippen molar-refractivity contribution in [2.45, 2.75) is 12.8 Å². The molecule has 1 aliphatic heterocycles. The highest BCUT2D eigenvalue weighted by molar-refractivity contribution is 6.64. The van der Waals surface area contributed by atoms with Crippen molar-refractivity contribution in [1.29, 1.82) is 5.26 Å². The average Bonchev–Trinajstić information content (AvgIpc) is 2.17. The van der Waals surface area contributed by atoms with Gasteiger partial charge in [0.1, 0.15) is 5.84 Å². The number of rotatable bonds is 0. The molecule has 0 spiro atoms. The summed E-state index contributed by atoms with van der Waals surface area (Å²) >= 11 is 5.25. The van der Waals surface area contributed by atoms with Crippen molar-refractivity contribution in [3.8, 4) is 6.07 Å². The smallest absolute Gasteiger partial charge is 0.290 e. The van der Waals surface area contributed by atoms with Crippen LogP contribution in [0.25, 0.3) is 0 Å². The second-order valence-electron chi connectivity index (χ2n) is 2.62. The lowest BCUT2D eigenvalue weighted by atomic mass is 10.1. The highest BCUT2D eigenvalue weighted by Gasteiger charge is 2.15. The van der Waals surface area contributed by atoms with Gasteiger partial charge in [-0.25, -0.2) is 4.99 Å². The fourth-order valence-electron chi connectivity index (χ4n) is 0.969. The Balaban J connectivity index is 2.76. The van der Waals surface area contributed by atoms with Gasteiger partial charge in [-0.2, -0.15) is 5.26 Å². The standard InChI is InChI=1S/C8H8ClN3O/c1-12(8(9)13)7-3-2-6(4-10)5-11-7/h5H,2-3H2,1H3. The molecule has 0 saturated heterocycles. The van der Waals surface area contributed by atoms with Gasteiger partial charge in [0.25, 0.3) is 0 Å². The average molecular weight is 198 g/mol. The molecular formula is C8H8ClN3O. The lowest BCUT2D eigenvalue weighted by molar-refractivity contribution is 0.247. The Morgan fingerprint density at radius 3 is 2.85 bits per heavy atom. The van der Waals surface area contributed by atoms with E-state index in [4.69, 9.17) is 16.9 Å². The normalized spacial score (nSPS) is 15.5. The van der Waals surface area contributed by atoms with Crippen molar-refractivity contribution in [2.75, 3.05) is 7.05 Å². The van der Waals surface area contributed by atoms with Gasteiger partial charge in [0, 0.05) is 25.2 Å². The molecule has 0 aromatic rings. The van der Waals surface area contributed by atoms with Gasteiger partial charge >= 0.3 is 5.37 Å². The molecule has 68 valence electrons. The van der Waals surface area contributed by atoms with Crippen molar-refractivity contribution in [1.82, 2.24) is 4.90 Å². The summed E-state index contributed by atoms with van der Waals surface area (Å²) in [5.74, 6) is 0.596. The molecule has 0 N–H and O–H groups in total. The van der Waals surface area contributed by atoms with Crippen LogP contribution in [0.1, 0.15) is 12.8 Å². The molecule has 0 radical (unpaired) electrons. The Morgan fingerprint density at radius 2 is 2.46 bits per heavy atom. The Kier molecular flexibility index (Phi) is 3.04. The molecule has 1 amide bonds. The van der Waals surface area contributed by atoms with Crippen LogP contribution >= 0.6 is 11.6 Å². The fourth-order valence-corrected chi connectivity index (χ4v) is 1.07. The van der Waals surface area contributed by atoms with Crippen LogP contribution in [0.15, 0.2) is 16.8 Å². The number of allylic oxidation sites excluding steroid dienone is 1. The van der Waals surface area contributed by atoms with Gasteiger partial charge in [0.2, 0.25) is 0 Å². The van der Waals surface area contributed by atoms with Crippen molar-refractivity contribution < 1.29 is 4.79 Å². The topological polar surface area (TPSA) is 56.5 Å². The molecule has 1 aliphatic rings. The first-order valence-electron chi connectivity index (χ1n) is 3.74.